The van der Waals surface area contributed by atoms with Crippen molar-refractivity contribution in [2.75, 3.05) is 20.0 Å². The van der Waals surface area contributed by atoms with E-state index in [9.17, 15) is 14.7 Å². The number of methoxy groups -OCH3 is 2. The molecule has 1 amide bonds. The highest BCUT2D eigenvalue weighted by Crippen LogP contribution is 2.39. The van der Waals surface area contributed by atoms with Crippen molar-refractivity contribution in [3.63, 3.8) is 0 Å². The average Bonchev–Trinajstić information content (AvgIpc) is 2.56. The SMILES string of the molecule is COc1ccc(OC)c2c(SC[C@H](NC(C)=O)C(=O)[O-])cc(C)nc12. The number of pyridine rings is 1. The van der Waals surface area contributed by atoms with Crippen LogP contribution in [0.2, 0.25) is 0 Å². The van der Waals surface area contributed by atoms with Gasteiger partial charge in [-0.25, -0.2) is 4.98 Å². The molecule has 8 heteroatoms. The van der Waals surface area contributed by atoms with Crippen LogP contribution in [0.1, 0.15) is 12.6 Å². The van der Waals surface area contributed by atoms with Gasteiger partial charge in [0, 0.05) is 23.3 Å². The molecule has 0 spiro atoms. The van der Waals surface area contributed by atoms with Crippen molar-refractivity contribution >= 4 is 34.5 Å². The van der Waals surface area contributed by atoms with Gasteiger partial charge in [0.05, 0.1) is 31.6 Å². The van der Waals surface area contributed by atoms with Crippen LogP contribution in [0, 0.1) is 6.92 Å². The minimum absolute atomic E-state index is 0.112. The fraction of sp³-hybridized carbons (Fsp3) is 0.353. The molecule has 25 heavy (non-hydrogen) atoms. The number of fused-ring (bicyclic) bond motifs is 1. The number of thioether (sulfide) groups is 1. The van der Waals surface area contributed by atoms with Gasteiger partial charge in [-0.3, -0.25) is 4.79 Å². The van der Waals surface area contributed by atoms with Crippen LogP contribution in [0.3, 0.4) is 0 Å². The Morgan fingerprint density at radius 2 is 1.92 bits per heavy atom. The van der Waals surface area contributed by atoms with Crippen LogP contribution >= 0.6 is 11.8 Å². The number of aliphatic carboxylic acids is 1. The summed E-state index contributed by atoms with van der Waals surface area (Å²) >= 11 is 1.28. The zero-order valence-electron chi connectivity index (χ0n) is 14.4. The second kappa shape index (κ2) is 8.06. The molecule has 0 aliphatic heterocycles. The molecule has 2 aromatic rings. The average molecular weight is 363 g/mol. The Morgan fingerprint density at radius 1 is 1.28 bits per heavy atom. The number of hydrogen-bond donors (Lipinski definition) is 1. The zero-order chi connectivity index (χ0) is 18.6. The van der Waals surface area contributed by atoms with Crippen LogP contribution < -0.4 is 19.9 Å². The van der Waals surface area contributed by atoms with Crippen molar-refractivity contribution in [3.8, 4) is 11.5 Å². The smallest absolute Gasteiger partial charge is 0.217 e. The number of aromatic nitrogens is 1. The number of aryl methyl sites for hydroxylation is 1. The van der Waals surface area contributed by atoms with E-state index in [0.717, 1.165) is 16.0 Å². The number of amides is 1. The summed E-state index contributed by atoms with van der Waals surface area (Å²) in [5.41, 5.74) is 1.39. The lowest BCUT2D eigenvalue weighted by atomic mass is 10.1. The quantitative estimate of drug-likeness (QED) is 0.730. The first-order valence-electron chi connectivity index (χ1n) is 7.50. The van der Waals surface area contributed by atoms with Crippen LogP contribution in [0.25, 0.3) is 10.9 Å². The van der Waals surface area contributed by atoms with Crippen LogP contribution in [-0.4, -0.2) is 42.9 Å². The number of carbonyl (C=O) groups is 2. The molecule has 0 unspecified atom stereocenters. The predicted octanol–water partition coefficient (Wildman–Crippen LogP) is 0.907. The number of hydrogen-bond acceptors (Lipinski definition) is 7. The summed E-state index contributed by atoms with van der Waals surface area (Å²) in [6, 6.07) is 4.28. The molecule has 0 bridgehead atoms. The molecule has 1 heterocycles. The van der Waals surface area contributed by atoms with Crippen molar-refractivity contribution < 1.29 is 24.2 Å². The number of rotatable bonds is 7. The van der Waals surface area contributed by atoms with E-state index >= 15 is 0 Å². The van der Waals surface area contributed by atoms with E-state index in [1.165, 1.54) is 18.7 Å². The largest absolute Gasteiger partial charge is 0.548 e. The summed E-state index contributed by atoms with van der Waals surface area (Å²) in [6.45, 7) is 3.10. The summed E-state index contributed by atoms with van der Waals surface area (Å²) in [6.07, 6.45) is 0. The maximum absolute atomic E-state index is 11.2. The molecular weight excluding hydrogens is 344 g/mol. The van der Waals surface area contributed by atoms with Gasteiger partial charge in [0.1, 0.15) is 17.0 Å². The van der Waals surface area contributed by atoms with E-state index in [4.69, 9.17) is 9.47 Å². The maximum Gasteiger partial charge on any atom is 0.217 e. The van der Waals surface area contributed by atoms with Crippen molar-refractivity contribution in [2.45, 2.75) is 24.8 Å². The summed E-state index contributed by atoms with van der Waals surface area (Å²) in [4.78, 5) is 27.7. The van der Waals surface area contributed by atoms with Gasteiger partial charge in [0.15, 0.2) is 0 Å². The number of carboxylic acid groups (broad SMARTS) is 1. The highest BCUT2D eigenvalue weighted by atomic mass is 32.2. The Morgan fingerprint density at radius 3 is 2.48 bits per heavy atom. The van der Waals surface area contributed by atoms with Gasteiger partial charge in [-0.05, 0) is 25.1 Å². The van der Waals surface area contributed by atoms with Gasteiger partial charge in [-0.1, -0.05) is 0 Å². The van der Waals surface area contributed by atoms with Gasteiger partial charge in [0.25, 0.3) is 0 Å². The van der Waals surface area contributed by atoms with Crippen molar-refractivity contribution in [1.29, 1.82) is 0 Å². The number of nitrogens with one attached hydrogen (secondary N) is 1. The Hall–Kier alpha value is -2.48. The first-order valence-corrected chi connectivity index (χ1v) is 8.49. The summed E-state index contributed by atoms with van der Waals surface area (Å²) in [5, 5.41) is 14.3. The fourth-order valence-electron chi connectivity index (χ4n) is 2.41. The molecular formula is C17H19N2O5S-. The highest BCUT2D eigenvalue weighted by Gasteiger charge is 2.17. The normalized spacial score (nSPS) is 11.8. The highest BCUT2D eigenvalue weighted by molar-refractivity contribution is 7.99. The molecule has 1 N–H and O–H groups in total. The molecule has 2 rings (SSSR count). The van der Waals surface area contributed by atoms with E-state index in [1.54, 1.807) is 26.4 Å². The van der Waals surface area contributed by atoms with Gasteiger partial charge >= 0.3 is 0 Å². The third-order valence-corrected chi connectivity index (χ3v) is 4.62. The van der Waals surface area contributed by atoms with E-state index in [2.05, 4.69) is 10.3 Å². The standard InChI is InChI=1S/C17H20N2O5S/c1-9-7-14(25-8-11(17(21)22)19-10(2)20)15-12(23-3)5-6-13(24-4)16(15)18-9/h5-7,11H,8H2,1-4H3,(H,19,20)(H,21,22)/p-1/t11-/m0/s1. The number of nitrogens with zero attached hydrogens (tertiary/aromatic N) is 1. The Bertz CT molecular complexity index is 809. The van der Waals surface area contributed by atoms with Crippen LogP contribution in [0.5, 0.6) is 11.5 Å². The van der Waals surface area contributed by atoms with Gasteiger partial charge < -0.3 is 24.7 Å². The lowest BCUT2D eigenvalue weighted by molar-refractivity contribution is -0.307. The topological polar surface area (TPSA) is 101 Å². The fourth-order valence-corrected chi connectivity index (χ4v) is 3.57. The van der Waals surface area contributed by atoms with E-state index < -0.39 is 17.9 Å². The molecule has 1 aromatic carbocycles. The second-order valence-corrected chi connectivity index (χ2v) is 6.40. The van der Waals surface area contributed by atoms with Crippen LogP contribution in [0.4, 0.5) is 0 Å². The molecule has 0 aliphatic rings. The minimum atomic E-state index is -1.33. The predicted molar refractivity (Wildman–Crippen MR) is 92.9 cm³/mol. The summed E-state index contributed by atoms with van der Waals surface area (Å²) in [7, 11) is 3.11. The summed E-state index contributed by atoms with van der Waals surface area (Å²) in [5.74, 6) is -0.442. The lowest BCUT2D eigenvalue weighted by Crippen LogP contribution is -2.48. The van der Waals surface area contributed by atoms with Crippen molar-refractivity contribution in [1.82, 2.24) is 10.3 Å². The van der Waals surface area contributed by atoms with Crippen molar-refractivity contribution in [3.05, 3.63) is 23.9 Å². The van der Waals surface area contributed by atoms with Crippen molar-refractivity contribution in [2.24, 2.45) is 0 Å². The molecule has 134 valence electrons. The molecule has 7 nitrogen and oxygen atoms in total. The first kappa shape index (κ1) is 18.9. The Labute approximate surface area is 149 Å². The molecule has 0 saturated heterocycles. The minimum Gasteiger partial charge on any atom is -0.548 e. The number of carbonyl (C=O) groups excluding carboxylic acids is 2. The molecule has 0 saturated carbocycles. The lowest BCUT2D eigenvalue weighted by Gasteiger charge is -2.19. The van der Waals surface area contributed by atoms with Gasteiger partial charge in [-0.15, -0.1) is 11.8 Å². The third kappa shape index (κ3) is 4.33. The molecule has 1 aromatic heterocycles. The van der Waals surface area contributed by atoms with Crippen LogP contribution in [-0.2, 0) is 9.59 Å². The Kier molecular flexibility index (Phi) is 6.08. The molecule has 0 radical (unpaired) electrons. The van der Waals surface area contributed by atoms with Gasteiger partial charge in [-0.2, -0.15) is 0 Å². The number of ether oxygens (including phenoxy) is 2. The van der Waals surface area contributed by atoms with E-state index in [1.807, 2.05) is 13.0 Å². The monoisotopic (exact) mass is 363 g/mol. The number of benzene rings is 1. The first-order chi connectivity index (χ1) is 11.9. The van der Waals surface area contributed by atoms with E-state index in [0.29, 0.717) is 17.0 Å². The number of carboxylic acids is 1. The molecule has 0 fully saturated rings. The second-order valence-electron chi connectivity index (χ2n) is 5.34. The Balaban J connectivity index is 2.46. The maximum atomic E-state index is 11.2. The summed E-state index contributed by atoms with van der Waals surface area (Å²) < 4.78 is 10.8. The third-order valence-electron chi connectivity index (χ3n) is 3.48. The van der Waals surface area contributed by atoms with Crippen LogP contribution in [0.15, 0.2) is 23.1 Å². The van der Waals surface area contributed by atoms with E-state index in [-0.39, 0.29) is 5.75 Å². The molecule has 0 aliphatic carbocycles. The zero-order valence-corrected chi connectivity index (χ0v) is 15.2. The van der Waals surface area contributed by atoms with Gasteiger partial charge in [0.2, 0.25) is 5.91 Å². The molecule has 1 atom stereocenters.